The summed E-state index contributed by atoms with van der Waals surface area (Å²) in [4.78, 5) is 0. The van der Waals surface area contributed by atoms with Crippen LogP contribution in [0.3, 0.4) is 0 Å². The maximum Gasteiger partial charge on any atom is 0.737 e. The first kappa shape index (κ1) is 14.3. The van der Waals surface area contributed by atoms with E-state index in [1.807, 2.05) is 19.9 Å². The van der Waals surface area contributed by atoms with Crippen LogP contribution in [0.15, 0.2) is 20.2 Å². The molecule has 3 rings (SSSR count). The van der Waals surface area contributed by atoms with Crippen molar-refractivity contribution in [3.63, 3.8) is 0 Å². The molecule has 1 aromatic heterocycles. The minimum Gasteiger partial charge on any atom is -0.393 e. The first-order valence-electron chi connectivity index (χ1n) is 6.30. The van der Waals surface area contributed by atoms with Gasteiger partial charge in [-0.05, 0) is 63.9 Å². The van der Waals surface area contributed by atoms with Crippen molar-refractivity contribution in [3.8, 4) is 0 Å². The van der Waals surface area contributed by atoms with Crippen LogP contribution in [0.2, 0.25) is 0 Å². The fourth-order valence-corrected chi connectivity index (χ4v) is 4.13. The highest BCUT2D eigenvalue weighted by Gasteiger charge is 2.54. The van der Waals surface area contributed by atoms with Crippen molar-refractivity contribution in [2.75, 3.05) is 0 Å². The molecule has 0 N–H and O–H groups in total. The first-order chi connectivity index (χ1) is 9.19. The highest BCUT2D eigenvalue weighted by molar-refractivity contribution is 9.12. The van der Waals surface area contributed by atoms with Gasteiger partial charge in [0.1, 0.15) is 5.71 Å². The van der Waals surface area contributed by atoms with Crippen molar-refractivity contribution >= 4 is 50.6 Å². The SMILES string of the molecule is CC1=C(Br)C2=Cc3c(Br)c(C)c(C)n3[B-](F)(F)[N+]2=C1C. The van der Waals surface area contributed by atoms with Crippen LogP contribution in [0.1, 0.15) is 30.8 Å². The minimum atomic E-state index is -3.87. The summed E-state index contributed by atoms with van der Waals surface area (Å²) in [6.45, 7) is 3.31. The molecule has 2 aliphatic rings. The average molecular weight is 406 g/mol. The lowest BCUT2D eigenvalue weighted by molar-refractivity contribution is -0.362. The van der Waals surface area contributed by atoms with Crippen LogP contribution >= 0.6 is 31.9 Å². The number of rotatable bonds is 0. The zero-order valence-electron chi connectivity index (χ0n) is 11.6. The summed E-state index contributed by atoms with van der Waals surface area (Å²) in [7, 11) is 0. The van der Waals surface area contributed by atoms with Crippen LogP contribution in [0.25, 0.3) is 6.08 Å². The number of halogens is 4. The van der Waals surface area contributed by atoms with Gasteiger partial charge in [0.25, 0.3) is 0 Å². The van der Waals surface area contributed by atoms with E-state index < -0.39 is 6.97 Å². The molecule has 0 saturated carbocycles. The second-order valence-electron chi connectivity index (χ2n) is 5.29. The van der Waals surface area contributed by atoms with Gasteiger partial charge in [0.15, 0.2) is 5.70 Å². The van der Waals surface area contributed by atoms with Gasteiger partial charge in [-0.3, -0.25) is 0 Å². The van der Waals surface area contributed by atoms with E-state index in [0.717, 1.165) is 29.1 Å². The van der Waals surface area contributed by atoms with Crippen LogP contribution in [-0.4, -0.2) is 21.6 Å². The molecule has 2 nitrogen and oxygen atoms in total. The Morgan fingerprint density at radius 3 is 2.35 bits per heavy atom. The smallest absolute Gasteiger partial charge is 0.393 e. The van der Waals surface area contributed by atoms with Gasteiger partial charge in [-0.2, -0.15) is 0 Å². The maximum atomic E-state index is 15.0. The largest absolute Gasteiger partial charge is 0.737 e. The van der Waals surface area contributed by atoms with E-state index in [1.165, 1.54) is 0 Å². The van der Waals surface area contributed by atoms with E-state index in [9.17, 15) is 0 Å². The molecule has 2 aliphatic heterocycles. The molecule has 0 spiro atoms. The number of allylic oxidation sites excluding steroid dienone is 2. The fraction of sp³-hybridized carbons (Fsp3) is 0.308. The highest BCUT2D eigenvalue weighted by Crippen LogP contribution is 2.43. The molecule has 1 aromatic rings. The predicted octanol–water partition coefficient (Wildman–Crippen LogP) is 4.60. The Kier molecular flexibility index (Phi) is 2.97. The van der Waals surface area contributed by atoms with Crippen molar-refractivity contribution in [2.45, 2.75) is 27.7 Å². The molecule has 0 saturated heterocycles. The van der Waals surface area contributed by atoms with Gasteiger partial charge in [0.2, 0.25) is 0 Å². The topological polar surface area (TPSA) is 7.94 Å². The molecule has 0 aromatic carbocycles. The van der Waals surface area contributed by atoms with E-state index in [-0.39, 0.29) is 0 Å². The normalized spacial score (nSPS) is 20.3. The molecule has 20 heavy (non-hydrogen) atoms. The number of aromatic nitrogens is 1. The number of hydrogen-bond acceptors (Lipinski definition) is 0. The van der Waals surface area contributed by atoms with Gasteiger partial charge in [-0.15, -0.1) is 0 Å². The van der Waals surface area contributed by atoms with Gasteiger partial charge < -0.3 is 17.6 Å². The molecule has 0 unspecified atom stereocenters. The third-order valence-corrected chi connectivity index (χ3v) is 6.33. The predicted molar refractivity (Wildman–Crippen MR) is 85.5 cm³/mol. The molecule has 3 heterocycles. The highest BCUT2D eigenvalue weighted by atomic mass is 79.9. The van der Waals surface area contributed by atoms with E-state index in [0.29, 0.717) is 22.8 Å². The lowest BCUT2D eigenvalue weighted by Crippen LogP contribution is -2.50. The van der Waals surface area contributed by atoms with Crippen molar-refractivity contribution in [1.29, 1.82) is 0 Å². The van der Waals surface area contributed by atoms with Crippen LogP contribution < -0.4 is 0 Å². The van der Waals surface area contributed by atoms with Crippen molar-refractivity contribution in [1.82, 2.24) is 4.48 Å². The van der Waals surface area contributed by atoms with E-state index in [1.54, 1.807) is 13.8 Å². The minimum absolute atomic E-state index is 0.538. The van der Waals surface area contributed by atoms with Crippen LogP contribution in [0.4, 0.5) is 8.63 Å². The molecule has 7 heteroatoms. The lowest BCUT2D eigenvalue weighted by atomic mass is 9.91. The third kappa shape index (κ3) is 1.51. The van der Waals surface area contributed by atoms with Gasteiger partial charge in [-0.1, -0.05) is 0 Å². The second-order valence-corrected chi connectivity index (χ2v) is 6.88. The first-order valence-corrected chi connectivity index (χ1v) is 7.89. The van der Waals surface area contributed by atoms with Gasteiger partial charge in [0.05, 0.1) is 4.48 Å². The zero-order chi connectivity index (χ0) is 15.0. The van der Waals surface area contributed by atoms with Crippen molar-refractivity contribution in [2.24, 2.45) is 0 Å². The summed E-state index contributed by atoms with van der Waals surface area (Å²) >= 11 is 6.88. The Morgan fingerprint density at radius 2 is 1.75 bits per heavy atom. The molecule has 0 amide bonds. The quantitative estimate of drug-likeness (QED) is 0.557. The molecular formula is C13H13BBr2F2N2. The number of nitrogens with zero attached hydrogens (tertiary/aromatic N) is 2. The Morgan fingerprint density at radius 1 is 1.15 bits per heavy atom. The van der Waals surface area contributed by atoms with Crippen LogP contribution in [-0.2, 0) is 0 Å². The fourth-order valence-electron chi connectivity index (χ4n) is 2.95. The summed E-state index contributed by atoms with van der Waals surface area (Å²) in [6.07, 6.45) is 1.81. The molecular weight excluding hydrogens is 393 g/mol. The standard InChI is InChI=1S/C13H13BBr2F2N2/c1-6-8(3)19-10(12(6)15)5-11-13(16)7(2)9(4)20(11)14(19,17)18/h5H,1-4H3. The average Bonchev–Trinajstić information content (AvgIpc) is 2.73. The third-order valence-electron chi connectivity index (χ3n) is 4.33. The Bertz CT molecular complexity index is 757. The van der Waals surface area contributed by atoms with Crippen molar-refractivity contribution < 1.29 is 13.1 Å². The molecule has 0 fully saturated rings. The molecule has 0 atom stereocenters. The van der Waals surface area contributed by atoms with E-state index in [2.05, 4.69) is 31.9 Å². The molecule has 0 aliphatic carbocycles. The monoisotopic (exact) mass is 404 g/mol. The summed E-state index contributed by atoms with van der Waals surface area (Å²) in [5, 5.41) is 0. The van der Waals surface area contributed by atoms with Crippen LogP contribution in [0.5, 0.6) is 0 Å². The van der Waals surface area contributed by atoms with Gasteiger partial charge in [-0.25, -0.2) is 0 Å². The summed E-state index contributed by atoms with van der Waals surface area (Å²) < 4.78 is 33.8. The van der Waals surface area contributed by atoms with Crippen molar-refractivity contribution in [3.05, 3.63) is 37.2 Å². The van der Waals surface area contributed by atoms with E-state index in [4.69, 9.17) is 0 Å². The van der Waals surface area contributed by atoms with Gasteiger partial charge in [0, 0.05) is 28.7 Å². The number of fused-ring (bicyclic) bond motifs is 2. The van der Waals surface area contributed by atoms with E-state index >= 15 is 8.63 Å². The summed E-state index contributed by atoms with van der Waals surface area (Å²) in [5.41, 5.74) is 3.98. The zero-order valence-corrected chi connectivity index (χ0v) is 14.7. The van der Waals surface area contributed by atoms with Crippen LogP contribution in [0, 0.1) is 13.8 Å². The Labute approximate surface area is 133 Å². The number of hydrogen-bond donors (Lipinski definition) is 0. The maximum absolute atomic E-state index is 15.0. The summed E-state index contributed by atoms with van der Waals surface area (Å²) in [5.74, 6) is 0. The molecule has 106 valence electrons. The lowest BCUT2D eigenvalue weighted by Gasteiger charge is -2.30. The Hall–Kier alpha value is -0.685. The molecule has 0 bridgehead atoms. The summed E-state index contributed by atoms with van der Waals surface area (Å²) in [6, 6.07) is 0. The van der Waals surface area contributed by atoms with Gasteiger partial charge >= 0.3 is 6.97 Å². The molecule has 0 radical (unpaired) electrons. The second kappa shape index (κ2) is 4.16. The Balaban J connectivity index is 2.44.